The van der Waals surface area contributed by atoms with Crippen LogP contribution in [-0.2, 0) is 6.42 Å². The Morgan fingerprint density at radius 3 is 2.52 bits per heavy atom. The van der Waals surface area contributed by atoms with Gasteiger partial charge in [0.05, 0.1) is 17.3 Å². The Labute approximate surface area is 171 Å². The molecular weight excluding hydrogens is 447 g/mol. The van der Waals surface area contributed by atoms with Crippen LogP contribution < -0.4 is 15.4 Å². The van der Waals surface area contributed by atoms with Crippen LogP contribution in [0.3, 0.4) is 0 Å². The van der Waals surface area contributed by atoms with E-state index in [1.165, 1.54) is 4.88 Å². The summed E-state index contributed by atoms with van der Waals surface area (Å²) in [5.41, 5.74) is 1.14. The molecule has 0 saturated heterocycles. The highest BCUT2D eigenvalue weighted by Gasteiger charge is 2.05. The van der Waals surface area contributed by atoms with Crippen molar-refractivity contribution in [3.63, 3.8) is 0 Å². The van der Waals surface area contributed by atoms with Crippen molar-refractivity contribution in [2.24, 2.45) is 4.99 Å². The van der Waals surface area contributed by atoms with Crippen LogP contribution in [0.5, 0.6) is 5.75 Å². The molecule has 0 aliphatic carbocycles. The predicted molar refractivity (Wildman–Crippen MR) is 117 cm³/mol. The summed E-state index contributed by atoms with van der Waals surface area (Å²) in [5, 5.41) is 7.78. The molecule has 0 amide bonds. The first kappa shape index (κ1) is 21.7. The number of nitrogens with zero attached hydrogens (tertiary/aromatic N) is 2. The number of benzene rings is 1. The standard InChI is InChI=1S/C18H26N4OS.HI/c1-14-17(24-15(2)22-14)10-12-21-18(19-3)20-11-7-13-23-16-8-5-4-6-9-16;/h4-6,8-9H,7,10-13H2,1-3H3,(H2,19,20,21);1H. The molecule has 2 rings (SSSR count). The van der Waals surface area contributed by atoms with Crippen molar-refractivity contribution < 1.29 is 4.74 Å². The Balaban J connectivity index is 0.00000312. The van der Waals surface area contributed by atoms with Crippen LogP contribution in [0.15, 0.2) is 35.3 Å². The van der Waals surface area contributed by atoms with Crippen LogP contribution in [0, 0.1) is 13.8 Å². The number of halogens is 1. The van der Waals surface area contributed by atoms with Crippen molar-refractivity contribution in [1.82, 2.24) is 15.6 Å². The van der Waals surface area contributed by atoms with Crippen LogP contribution in [0.1, 0.15) is 22.0 Å². The highest BCUT2D eigenvalue weighted by Crippen LogP contribution is 2.16. The SMILES string of the molecule is CN=C(NCCCOc1ccccc1)NCCc1sc(C)nc1C.I. The second-order valence-electron chi connectivity index (χ2n) is 5.43. The van der Waals surface area contributed by atoms with Gasteiger partial charge in [-0.25, -0.2) is 4.98 Å². The van der Waals surface area contributed by atoms with Gasteiger partial charge in [0.2, 0.25) is 0 Å². The van der Waals surface area contributed by atoms with Gasteiger partial charge in [-0.1, -0.05) is 18.2 Å². The Kier molecular flexibility index (Phi) is 10.5. The van der Waals surface area contributed by atoms with Gasteiger partial charge in [-0.2, -0.15) is 0 Å². The fraction of sp³-hybridized carbons (Fsp3) is 0.444. The van der Waals surface area contributed by atoms with Crippen molar-refractivity contribution in [2.75, 3.05) is 26.7 Å². The van der Waals surface area contributed by atoms with E-state index in [9.17, 15) is 0 Å². The molecule has 0 unspecified atom stereocenters. The van der Waals surface area contributed by atoms with Crippen molar-refractivity contribution in [3.8, 4) is 5.75 Å². The summed E-state index contributed by atoms with van der Waals surface area (Å²) in [4.78, 5) is 10.0. The number of aliphatic imine (C=N–C) groups is 1. The zero-order chi connectivity index (χ0) is 17.2. The lowest BCUT2D eigenvalue weighted by Gasteiger charge is -2.12. The first-order chi connectivity index (χ1) is 11.7. The fourth-order valence-corrected chi connectivity index (χ4v) is 3.24. The topological polar surface area (TPSA) is 58.5 Å². The van der Waals surface area contributed by atoms with Gasteiger partial charge >= 0.3 is 0 Å². The average Bonchev–Trinajstić information content (AvgIpc) is 2.91. The average molecular weight is 474 g/mol. The number of aryl methyl sites for hydroxylation is 2. The number of aromatic nitrogens is 1. The molecule has 2 aromatic rings. The zero-order valence-electron chi connectivity index (χ0n) is 15.0. The number of thiazole rings is 1. The van der Waals surface area contributed by atoms with E-state index < -0.39 is 0 Å². The quantitative estimate of drug-likeness (QED) is 0.266. The van der Waals surface area contributed by atoms with Gasteiger partial charge in [-0.15, -0.1) is 35.3 Å². The zero-order valence-corrected chi connectivity index (χ0v) is 18.2. The Bertz CT molecular complexity index is 646. The molecule has 0 atom stereocenters. The molecule has 5 nitrogen and oxygen atoms in total. The van der Waals surface area contributed by atoms with E-state index in [0.29, 0.717) is 6.61 Å². The molecule has 138 valence electrons. The lowest BCUT2D eigenvalue weighted by Crippen LogP contribution is -2.39. The third-order valence-electron chi connectivity index (χ3n) is 3.49. The van der Waals surface area contributed by atoms with Crippen LogP contribution in [0.2, 0.25) is 0 Å². The molecule has 7 heteroatoms. The van der Waals surface area contributed by atoms with E-state index in [0.717, 1.165) is 48.3 Å². The molecule has 0 aliphatic rings. The number of rotatable bonds is 8. The summed E-state index contributed by atoms with van der Waals surface area (Å²) >= 11 is 1.77. The maximum atomic E-state index is 5.67. The van der Waals surface area contributed by atoms with Crippen molar-refractivity contribution in [2.45, 2.75) is 26.7 Å². The van der Waals surface area contributed by atoms with Gasteiger partial charge < -0.3 is 15.4 Å². The summed E-state index contributed by atoms with van der Waals surface area (Å²) < 4.78 is 5.67. The lowest BCUT2D eigenvalue weighted by atomic mass is 10.3. The Hall–Kier alpha value is -1.35. The monoisotopic (exact) mass is 474 g/mol. The van der Waals surface area contributed by atoms with Crippen molar-refractivity contribution >= 4 is 41.3 Å². The summed E-state index contributed by atoms with van der Waals surface area (Å²) in [6.07, 6.45) is 1.89. The minimum absolute atomic E-state index is 0. The molecule has 25 heavy (non-hydrogen) atoms. The molecule has 0 bridgehead atoms. The number of hydrogen-bond acceptors (Lipinski definition) is 4. The normalized spacial score (nSPS) is 10.9. The second kappa shape index (κ2) is 12.1. The van der Waals surface area contributed by atoms with Gasteiger partial charge in [0.1, 0.15) is 5.75 Å². The minimum atomic E-state index is 0. The Morgan fingerprint density at radius 1 is 1.16 bits per heavy atom. The van der Waals surface area contributed by atoms with Crippen LogP contribution in [0.25, 0.3) is 0 Å². The van der Waals surface area contributed by atoms with E-state index in [1.807, 2.05) is 37.3 Å². The predicted octanol–water partition coefficient (Wildman–Crippen LogP) is 3.55. The van der Waals surface area contributed by atoms with Gasteiger partial charge in [0.15, 0.2) is 5.96 Å². The number of hydrogen-bond donors (Lipinski definition) is 2. The van der Waals surface area contributed by atoms with E-state index in [1.54, 1.807) is 18.4 Å². The fourth-order valence-electron chi connectivity index (χ4n) is 2.31. The van der Waals surface area contributed by atoms with Gasteiger partial charge in [-0.3, -0.25) is 4.99 Å². The maximum Gasteiger partial charge on any atom is 0.190 e. The second-order valence-corrected chi connectivity index (χ2v) is 6.72. The Morgan fingerprint density at radius 2 is 1.88 bits per heavy atom. The molecule has 0 aliphatic heterocycles. The van der Waals surface area contributed by atoms with Crippen molar-refractivity contribution in [3.05, 3.63) is 45.9 Å². The lowest BCUT2D eigenvalue weighted by molar-refractivity contribution is 0.311. The summed E-state index contributed by atoms with van der Waals surface area (Å²) in [5.74, 6) is 1.74. The minimum Gasteiger partial charge on any atom is -0.494 e. The van der Waals surface area contributed by atoms with Gasteiger partial charge in [-0.05, 0) is 32.4 Å². The van der Waals surface area contributed by atoms with Crippen LogP contribution in [0.4, 0.5) is 0 Å². The third kappa shape index (κ3) is 8.04. The number of guanidine groups is 1. The summed E-state index contributed by atoms with van der Waals surface area (Å²) in [6.45, 7) is 6.48. The number of para-hydroxylation sites is 1. The van der Waals surface area contributed by atoms with E-state index in [2.05, 4.69) is 27.5 Å². The first-order valence-electron chi connectivity index (χ1n) is 8.24. The molecular formula is C18H27IN4OS. The van der Waals surface area contributed by atoms with Crippen molar-refractivity contribution in [1.29, 1.82) is 0 Å². The van der Waals surface area contributed by atoms with E-state index in [-0.39, 0.29) is 24.0 Å². The molecule has 1 aromatic carbocycles. The van der Waals surface area contributed by atoms with Gasteiger partial charge in [0, 0.05) is 31.4 Å². The highest BCUT2D eigenvalue weighted by atomic mass is 127. The summed E-state index contributed by atoms with van der Waals surface area (Å²) in [6, 6.07) is 9.88. The van der Waals surface area contributed by atoms with Crippen LogP contribution in [-0.4, -0.2) is 37.7 Å². The molecule has 2 N–H and O–H groups in total. The van der Waals surface area contributed by atoms with Crippen LogP contribution >= 0.6 is 35.3 Å². The van der Waals surface area contributed by atoms with E-state index >= 15 is 0 Å². The summed E-state index contributed by atoms with van der Waals surface area (Å²) in [7, 11) is 1.79. The van der Waals surface area contributed by atoms with Gasteiger partial charge in [0.25, 0.3) is 0 Å². The molecule has 0 radical (unpaired) electrons. The number of nitrogens with one attached hydrogen (secondary N) is 2. The maximum absolute atomic E-state index is 5.67. The smallest absolute Gasteiger partial charge is 0.190 e. The molecule has 0 saturated carbocycles. The highest BCUT2D eigenvalue weighted by molar-refractivity contribution is 14.0. The third-order valence-corrected chi connectivity index (χ3v) is 4.63. The largest absolute Gasteiger partial charge is 0.494 e. The first-order valence-corrected chi connectivity index (χ1v) is 9.06. The molecule has 1 heterocycles. The number of ether oxygens (including phenoxy) is 1. The van der Waals surface area contributed by atoms with E-state index in [4.69, 9.17) is 4.74 Å². The molecule has 0 fully saturated rings. The molecule has 0 spiro atoms. The molecule has 1 aromatic heterocycles.